The predicted molar refractivity (Wildman–Crippen MR) is 319 cm³/mol. The zero-order valence-electron chi connectivity index (χ0n) is 54.8. The molecule has 0 saturated heterocycles. The van der Waals surface area contributed by atoms with Gasteiger partial charge in [0.25, 0.3) is 0 Å². The third-order valence-electron chi connectivity index (χ3n) is 10.1. The summed E-state index contributed by atoms with van der Waals surface area (Å²) in [7, 11) is 0. The Hall–Kier alpha value is -6.02. The Balaban J connectivity index is 5.61. The van der Waals surface area contributed by atoms with E-state index in [1.54, 1.807) is 104 Å². The van der Waals surface area contributed by atoms with E-state index in [2.05, 4.69) is 36.9 Å². The first-order valence-electron chi connectivity index (χ1n) is 29.6. The summed E-state index contributed by atoms with van der Waals surface area (Å²) >= 11 is 0. The number of carbonyl (C=O) groups excluding carboxylic acids is 8. The molecule has 510 valence electrons. The van der Waals surface area contributed by atoms with Gasteiger partial charge in [-0.3, -0.25) is 34.8 Å². The van der Waals surface area contributed by atoms with Crippen molar-refractivity contribution in [2.45, 2.75) is 195 Å². The second-order valence-corrected chi connectivity index (χ2v) is 24.5. The highest BCUT2D eigenvalue weighted by atomic mass is 16.6. The fourth-order valence-electron chi connectivity index (χ4n) is 6.64. The van der Waals surface area contributed by atoms with Gasteiger partial charge in [-0.2, -0.15) is 0 Å². The van der Waals surface area contributed by atoms with E-state index in [0.717, 1.165) is 0 Å². The van der Waals surface area contributed by atoms with E-state index >= 15 is 0 Å². The standard InChI is InChI=1S/C58H105N7O23/c1-54(2,3)84-46(69)21-19-43(49(72)86-56(7,8)9)63-51(73)62-42(48(71)85-55(4,5)6)18-20-44(66)61-41(17-16-23-60-50(64-52(74)87-57(10,11)12)65-53(75)88-58(13,14)15)47(70)59-24-26-77-28-30-79-32-34-81-36-38-83-40-39-82-37-35-80-33-31-78-29-27-76-25-22-45(67)68/h41-43H,16-40H2,1-15H3,(H,59,70)(H,61,66)(H,67,68)(H2,62,63,73)(H2,60,64,65,74,75)/t41-,42-,43-/m0/s1. The molecule has 0 rings (SSSR count). The SMILES string of the molecule is CC(C)(C)OC(=O)CC[C@H](NC(=O)N[C@@H](CCC(=O)N[C@@H](CCCN=C(NC(=O)OC(C)(C)C)NC(=O)OC(C)(C)C)C(=O)NCCOCCOCCOCCOCCOCCOCCOCCOCCC(=O)O)C(=O)OC(C)(C)C)C(=O)OC(C)(C)C. The van der Waals surface area contributed by atoms with Crippen LogP contribution in [0.3, 0.4) is 0 Å². The molecule has 0 aliphatic rings. The van der Waals surface area contributed by atoms with Crippen LogP contribution in [0.1, 0.15) is 149 Å². The summed E-state index contributed by atoms with van der Waals surface area (Å²) in [5, 5.41) is 23.7. The van der Waals surface area contributed by atoms with Gasteiger partial charge in [0.1, 0.15) is 46.1 Å². The third kappa shape index (κ3) is 52.0. The van der Waals surface area contributed by atoms with Crippen LogP contribution in [0.2, 0.25) is 0 Å². The number of rotatable bonds is 43. The van der Waals surface area contributed by atoms with Crippen molar-refractivity contribution in [2.24, 2.45) is 4.99 Å². The molecule has 0 saturated carbocycles. The van der Waals surface area contributed by atoms with Crippen LogP contribution >= 0.6 is 0 Å². The number of ether oxygens (including phenoxy) is 13. The summed E-state index contributed by atoms with van der Waals surface area (Å²) in [5.74, 6) is -4.89. The Bertz CT molecular complexity index is 2070. The lowest BCUT2D eigenvalue weighted by Gasteiger charge is -2.27. The van der Waals surface area contributed by atoms with Crippen LogP contribution in [-0.4, -0.2) is 230 Å². The number of amides is 6. The summed E-state index contributed by atoms with van der Waals surface area (Å²) in [4.78, 5) is 120. The van der Waals surface area contributed by atoms with Gasteiger partial charge in [-0.1, -0.05) is 0 Å². The molecule has 0 aliphatic carbocycles. The molecule has 0 aromatic rings. The van der Waals surface area contributed by atoms with Gasteiger partial charge < -0.3 is 88.0 Å². The largest absolute Gasteiger partial charge is 0.481 e. The maximum Gasteiger partial charge on any atom is 0.414 e. The normalized spacial score (nSPS) is 12.9. The van der Waals surface area contributed by atoms with Gasteiger partial charge in [0.15, 0.2) is 0 Å². The number of urea groups is 1. The van der Waals surface area contributed by atoms with Crippen molar-refractivity contribution in [1.29, 1.82) is 0 Å². The summed E-state index contributed by atoms with van der Waals surface area (Å²) < 4.78 is 70.6. The van der Waals surface area contributed by atoms with E-state index in [0.29, 0.717) is 79.3 Å². The van der Waals surface area contributed by atoms with Crippen LogP contribution in [-0.2, 0) is 90.3 Å². The van der Waals surface area contributed by atoms with Crippen molar-refractivity contribution in [3.63, 3.8) is 0 Å². The van der Waals surface area contributed by atoms with Crippen LogP contribution in [0.4, 0.5) is 14.4 Å². The van der Waals surface area contributed by atoms with Crippen molar-refractivity contribution in [2.75, 3.05) is 119 Å². The van der Waals surface area contributed by atoms with Gasteiger partial charge in [0.2, 0.25) is 17.8 Å². The van der Waals surface area contributed by atoms with Crippen LogP contribution in [0, 0.1) is 0 Å². The lowest BCUT2D eigenvalue weighted by molar-refractivity contribution is -0.159. The number of nitrogens with one attached hydrogen (secondary N) is 6. The molecule has 0 fully saturated rings. The summed E-state index contributed by atoms with van der Waals surface area (Å²) in [5.41, 5.74) is -4.58. The topological polar surface area (TPSA) is 378 Å². The fraction of sp³-hybridized carbons (Fsp3) is 0.828. The number of esters is 3. The highest BCUT2D eigenvalue weighted by molar-refractivity contribution is 6.01. The third-order valence-corrected chi connectivity index (χ3v) is 10.1. The molecule has 3 atom stereocenters. The molecule has 6 amide bonds. The molecule has 88 heavy (non-hydrogen) atoms. The van der Waals surface area contributed by atoms with Crippen molar-refractivity contribution in [3.8, 4) is 0 Å². The molecule has 0 bridgehead atoms. The Morgan fingerprint density at radius 3 is 1.11 bits per heavy atom. The minimum absolute atomic E-state index is 0.0238. The van der Waals surface area contributed by atoms with E-state index in [-0.39, 0.29) is 84.0 Å². The molecular formula is C58H105N7O23. The second kappa shape index (κ2) is 44.4. The number of hydrogen-bond donors (Lipinski definition) is 7. The number of nitrogens with zero attached hydrogens (tertiary/aromatic N) is 1. The number of aliphatic imine (C=N–C) groups is 1. The maximum absolute atomic E-state index is 13.7. The number of carboxylic acids is 1. The number of carboxylic acid groups (broad SMARTS) is 1. The van der Waals surface area contributed by atoms with Crippen LogP contribution < -0.4 is 31.9 Å². The second-order valence-electron chi connectivity index (χ2n) is 24.5. The number of alkyl carbamates (subject to hydrolysis) is 2. The average molecular weight is 1270 g/mol. The van der Waals surface area contributed by atoms with Gasteiger partial charge in [-0.25, -0.2) is 24.0 Å². The molecular weight excluding hydrogens is 1160 g/mol. The lowest BCUT2D eigenvalue weighted by atomic mass is 10.1. The van der Waals surface area contributed by atoms with Crippen LogP contribution in [0.5, 0.6) is 0 Å². The smallest absolute Gasteiger partial charge is 0.414 e. The van der Waals surface area contributed by atoms with E-state index in [9.17, 15) is 43.2 Å². The average Bonchev–Trinajstić information content (AvgIpc) is 3.47. The van der Waals surface area contributed by atoms with E-state index in [4.69, 9.17) is 66.7 Å². The molecule has 0 aliphatic heterocycles. The molecule has 30 nitrogen and oxygen atoms in total. The number of hydrogen-bond acceptors (Lipinski definition) is 23. The molecule has 0 spiro atoms. The molecule has 30 heteroatoms. The summed E-state index contributed by atoms with van der Waals surface area (Å²) in [6, 6.07) is -5.00. The Labute approximate surface area is 518 Å². The first-order chi connectivity index (χ1) is 40.9. The van der Waals surface area contributed by atoms with Gasteiger partial charge in [0, 0.05) is 25.9 Å². The zero-order valence-corrected chi connectivity index (χ0v) is 54.8. The van der Waals surface area contributed by atoms with Crippen molar-refractivity contribution in [1.82, 2.24) is 31.9 Å². The van der Waals surface area contributed by atoms with Crippen molar-refractivity contribution < 1.29 is 110 Å². The Morgan fingerprint density at radius 2 is 0.750 bits per heavy atom. The lowest BCUT2D eigenvalue weighted by Crippen LogP contribution is -2.53. The molecule has 0 unspecified atom stereocenters. The highest BCUT2D eigenvalue weighted by Gasteiger charge is 2.33. The summed E-state index contributed by atoms with van der Waals surface area (Å²) in [6.07, 6.45) is -3.01. The zero-order chi connectivity index (χ0) is 66.8. The predicted octanol–water partition coefficient (Wildman–Crippen LogP) is 4.00. The van der Waals surface area contributed by atoms with Crippen LogP contribution in [0.25, 0.3) is 0 Å². The first kappa shape index (κ1) is 82.0. The summed E-state index contributed by atoms with van der Waals surface area (Å²) in [6.45, 7) is 29.6. The number of guanidine groups is 1. The quantitative estimate of drug-likeness (QED) is 0.0149. The van der Waals surface area contributed by atoms with Crippen molar-refractivity contribution in [3.05, 3.63) is 0 Å². The molecule has 0 aromatic heterocycles. The van der Waals surface area contributed by atoms with Gasteiger partial charge >= 0.3 is 42.1 Å². The highest BCUT2D eigenvalue weighted by Crippen LogP contribution is 2.16. The molecule has 0 aromatic carbocycles. The molecule has 0 heterocycles. The molecule has 0 radical (unpaired) electrons. The van der Waals surface area contributed by atoms with E-state index in [1.165, 1.54) is 0 Å². The number of carbonyl (C=O) groups is 9. The van der Waals surface area contributed by atoms with E-state index in [1.807, 2.05) is 0 Å². The van der Waals surface area contributed by atoms with Gasteiger partial charge in [-0.05, 0) is 130 Å². The maximum atomic E-state index is 13.7. The van der Waals surface area contributed by atoms with E-state index < -0.39 is 106 Å². The van der Waals surface area contributed by atoms with Crippen LogP contribution in [0.15, 0.2) is 4.99 Å². The molecule has 7 N–H and O–H groups in total. The minimum Gasteiger partial charge on any atom is -0.481 e. The first-order valence-corrected chi connectivity index (χ1v) is 29.6. The van der Waals surface area contributed by atoms with Gasteiger partial charge in [-0.15, -0.1) is 0 Å². The van der Waals surface area contributed by atoms with Crippen molar-refractivity contribution >= 4 is 59.9 Å². The van der Waals surface area contributed by atoms with Gasteiger partial charge in [0.05, 0.1) is 112 Å². The monoisotopic (exact) mass is 1270 g/mol. The fourth-order valence-corrected chi connectivity index (χ4v) is 6.64. The Kier molecular flexibility index (Phi) is 41.4. The minimum atomic E-state index is -1.45. The number of aliphatic carboxylic acids is 1. The Morgan fingerprint density at radius 1 is 0.398 bits per heavy atom.